The van der Waals surface area contributed by atoms with Gasteiger partial charge in [0, 0.05) is 31.5 Å². The number of urea groups is 1. The van der Waals surface area contributed by atoms with Crippen molar-refractivity contribution in [2.75, 3.05) is 6.54 Å². The van der Waals surface area contributed by atoms with E-state index in [2.05, 4.69) is 33.6 Å². The molecule has 0 unspecified atom stereocenters. The average molecular weight is 304 g/mol. The highest BCUT2D eigenvalue weighted by molar-refractivity contribution is 5.74. The van der Waals surface area contributed by atoms with Gasteiger partial charge in [-0.3, -0.25) is 0 Å². The van der Waals surface area contributed by atoms with Crippen LogP contribution in [-0.2, 0) is 13.1 Å². The molecule has 0 bridgehead atoms. The number of carbonyl (C=O) groups excluding carboxylic acids is 1. The number of rotatable bonds is 4. The summed E-state index contributed by atoms with van der Waals surface area (Å²) in [5.74, 6) is 2.26. The summed E-state index contributed by atoms with van der Waals surface area (Å²) in [6.07, 6.45) is 10.1. The first-order valence-corrected chi connectivity index (χ1v) is 8.69. The maximum atomic E-state index is 12.5. The molecule has 1 aliphatic carbocycles. The number of imidazole rings is 1. The SMILES string of the molecule is CC(C)Cn1ccnc1CNC(=O)N1CC[C@H]2CCCC[C@@H]21. The van der Waals surface area contributed by atoms with Crippen molar-refractivity contribution >= 4 is 6.03 Å². The summed E-state index contributed by atoms with van der Waals surface area (Å²) in [6, 6.07) is 0.567. The Morgan fingerprint density at radius 3 is 3.00 bits per heavy atom. The topological polar surface area (TPSA) is 50.2 Å². The fraction of sp³-hybridized carbons (Fsp3) is 0.765. The highest BCUT2D eigenvalue weighted by Crippen LogP contribution is 2.35. The number of nitrogens with zero attached hydrogens (tertiary/aromatic N) is 3. The third-order valence-corrected chi connectivity index (χ3v) is 5.03. The van der Waals surface area contributed by atoms with Crippen LogP contribution in [0.1, 0.15) is 51.8 Å². The van der Waals surface area contributed by atoms with Gasteiger partial charge in [-0.1, -0.05) is 26.7 Å². The smallest absolute Gasteiger partial charge is 0.318 e. The zero-order valence-electron chi connectivity index (χ0n) is 13.8. The lowest BCUT2D eigenvalue weighted by molar-refractivity contribution is 0.169. The number of amides is 2. The van der Waals surface area contributed by atoms with Crippen LogP contribution >= 0.6 is 0 Å². The second kappa shape index (κ2) is 6.71. The van der Waals surface area contributed by atoms with Crippen LogP contribution in [0.4, 0.5) is 4.79 Å². The van der Waals surface area contributed by atoms with Crippen LogP contribution in [0.2, 0.25) is 0 Å². The molecule has 2 heterocycles. The van der Waals surface area contributed by atoms with Gasteiger partial charge in [0.2, 0.25) is 0 Å². The lowest BCUT2D eigenvalue weighted by Gasteiger charge is -2.31. The predicted molar refractivity (Wildman–Crippen MR) is 86.4 cm³/mol. The summed E-state index contributed by atoms with van der Waals surface area (Å²) in [5.41, 5.74) is 0. The second-order valence-corrected chi connectivity index (χ2v) is 7.14. The Kier molecular flexibility index (Phi) is 4.69. The maximum absolute atomic E-state index is 12.5. The minimum atomic E-state index is 0.0912. The van der Waals surface area contributed by atoms with Gasteiger partial charge in [0.25, 0.3) is 0 Å². The highest BCUT2D eigenvalue weighted by Gasteiger charge is 2.38. The molecule has 2 aliphatic rings. The number of carbonyl (C=O) groups is 1. The van der Waals surface area contributed by atoms with Gasteiger partial charge in [-0.25, -0.2) is 9.78 Å². The summed E-state index contributed by atoms with van der Waals surface area (Å²) in [7, 11) is 0. The number of hydrogen-bond donors (Lipinski definition) is 1. The van der Waals surface area contributed by atoms with E-state index in [1.54, 1.807) is 0 Å². The van der Waals surface area contributed by atoms with Gasteiger partial charge in [0.15, 0.2) is 0 Å². The molecule has 2 atom stereocenters. The number of hydrogen-bond acceptors (Lipinski definition) is 2. The third kappa shape index (κ3) is 3.28. The Balaban J connectivity index is 1.55. The maximum Gasteiger partial charge on any atom is 0.318 e. The van der Waals surface area contributed by atoms with Crippen LogP contribution in [-0.4, -0.2) is 33.1 Å². The van der Waals surface area contributed by atoms with Crippen molar-refractivity contribution in [3.8, 4) is 0 Å². The molecule has 1 N–H and O–H groups in total. The molecule has 2 fully saturated rings. The summed E-state index contributed by atoms with van der Waals surface area (Å²) < 4.78 is 2.14. The first-order chi connectivity index (χ1) is 10.6. The van der Waals surface area contributed by atoms with Gasteiger partial charge < -0.3 is 14.8 Å². The van der Waals surface area contributed by atoms with Crippen molar-refractivity contribution < 1.29 is 4.79 Å². The minimum absolute atomic E-state index is 0.0912. The number of fused-ring (bicyclic) bond motifs is 1. The number of aromatic nitrogens is 2. The van der Waals surface area contributed by atoms with Crippen molar-refractivity contribution in [1.82, 2.24) is 19.8 Å². The minimum Gasteiger partial charge on any atom is -0.333 e. The largest absolute Gasteiger partial charge is 0.333 e. The quantitative estimate of drug-likeness (QED) is 0.929. The Bertz CT molecular complexity index is 511. The molecule has 2 amide bonds. The Labute approximate surface area is 133 Å². The van der Waals surface area contributed by atoms with Crippen molar-refractivity contribution in [2.45, 2.75) is 65.1 Å². The van der Waals surface area contributed by atoms with Gasteiger partial charge in [-0.15, -0.1) is 0 Å². The normalized spacial score (nSPS) is 24.6. The molecular weight excluding hydrogens is 276 g/mol. The first-order valence-electron chi connectivity index (χ1n) is 8.69. The van der Waals surface area contributed by atoms with E-state index >= 15 is 0 Å². The van der Waals surface area contributed by atoms with E-state index < -0.39 is 0 Å². The molecular formula is C17H28N4O. The van der Waals surface area contributed by atoms with E-state index in [9.17, 15) is 4.79 Å². The molecule has 5 nitrogen and oxygen atoms in total. The molecule has 1 aliphatic heterocycles. The first kappa shape index (κ1) is 15.4. The molecule has 122 valence electrons. The van der Waals surface area contributed by atoms with E-state index in [1.165, 1.54) is 32.1 Å². The van der Waals surface area contributed by atoms with Crippen molar-refractivity contribution in [2.24, 2.45) is 11.8 Å². The van der Waals surface area contributed by atoms with Gasteiger partial charge >= 0.3 is 6.03 Å². The van der Waals surface area contributed by atoms with Crippen LogP contribution < -0.4 is 5.32 Å². The second-order valence-electron chi connectivity index (χ2n) is 7.14. The molecule has 1 aromatic heterocycles. The van der Waals surface area contributed by atoms with E-state index in [0.717, 1.165) is 24.8 Å². The summed E-state index contributed by atoms with van der Waals surface area (Å²) in [5, 5.41) is 3.08. The fourth-order valence-corrected chi connectivity index (χ4v) is 3.98. The van der Waals surface area contributed by atoms with Gasteiger partial charge in [-0.05, 0) is 31.1 Å². The number of nitrogens with one attached hydrogen (secondary N) is 1. The van der Waals surface area contributed by atoms with Gasteiger partial charge in [-0.2, -0.15) is 0 Å². The molecule has 22 heavy (non-hydrogen) atoms. The van der Waals surface area contributed by atoms with E-state index in [-0.39, 0.29) is 6.03 Å². The molecule has 1 aromatic rings. The molecule has 0 spiro atoms. The van der Waals surface area contributed by atoms with Crippen LogP contribution in [0.5, 0.6) is 0 Å². The highest BCUT2D eigenvalue weighted by atomic mass is 16.2. The van der Waals surface area contributed by atoms with Crippen molar-refractivity contribution in [3.05, 3.63) is 18.2 Å². The van der Waals surface area contributed by atoms with E-state index in [0.29, 0.717) is 18.5 Å². The summed E-state index contributed by atoms with van der Waals surface area (Å²) in [4.78, 5) is 19.0. The monoisotopic (exact) mass is 304 g/mol. The molecule has 0 aromatic carbocycles. The molecule has 1 saturated heterocycles. The van der Waals surface area contributed by atoms with Gasteiger partial charge in [0.1, 0.15) is 5.82 Å². The third-order valence-electron chi connectivity index (χ3n) is 5.03. The summed E-state index contributed by atoms with van der Waals surface area (Å²) >= 11 is 0. The Morgan fingerprint density at radius 1 is 1.36 bits per heavy atom. The Morgan fingerprint density at radius 2 is 2.18 bits per heavy atom. The summed E-state index contributed by atoms with van der Waals surface area (Å²) in [6.45, 7) is 6.76. The van der Waals surface area contributed by atoms with Gasteiger partial charge in [0.05, 0.1) is 6.54 Å². The van der Waals surface area contributed by atoms with E-state index in [1.807, 2.05) is 12.4 Å². The van der Waals surface area contributed by atoms with Crippen LogP contribution in [0.25, 0.3) is 0 Å². The van der Waals surface area contributed by atoms with Crippen LogP contribution in [0, 0.1) is 11.8 Å². The fourth-order valence-electron chi connectivity index (χ4n) is 3.98. The predicted octanol–water partition coefficient (Wildman–Crippen LogP) is 3.01. The lowest BCUT2D eigenvalue weighted by Crippen LogP contribution is -2.45. The molecule has 0 radical (unpaired) electrons. The Hall–Kier alpha value is -1.52. The standard InChI is InChI=1S/C17H28N4O/c1-13(2)12-20-10-8-18-16(20)11-19-17(22)21-9-7-14-5-3-4-6-15(14)21/h8,10,13-15H,3-7,9,11-12H2,1-2H3,(H,19,22)/t14-,15+/m1/s1. The average Bonchev–Trinajstić information content (AvgIpc) is 3.11. The number of likely N-dealkylation sites (tertiary alicyclic amines) is 1. The van der Waals surface area contributed by atoms with Crippen LogP contribution in [0.3, 0.4) is 0 Å². The zero-order valence-corrected chi connectivity index (χ0v) is 13.8. The molecule has 3 rings (SSSR count). The van der Waals surface area contributed by atoms with E-state index in [4.69, 9.17) is 0 Å². The molecule has 5 heteroatoms. The molecule has 1 saturated carbocycles. The zero-order chi connectivity index (χ0) is 15.5. The van der Waals surface area contributed by atoms with Crippen molar-refractivity contribution in [1.29, 1.82) is 0 Å². The van der Waals surface area contributed by atoms with Crippen molar-refractivity contribution in [3.63, 3.8) is 0 Å². The van der Waals surface area contributed by atoms with Crippen LogP contribution in [0.15, 0.2) is 12.4 Å². The lowest BCUT2D eigenvalue weighted by atomic mass is 9.85.